The van der Waals surface area contributed by atoms with E-state index in [0.29, 0.717) is 5.89 Å². The van der Waals surface area contributed by atoms with E-state index in [-0.39, 0.29) is 0 Å². The molecule has 0 saturated carbocycles. The minimum absolute atomic E-state index is 0.600. The van der Waals surface area contributed by atoms with Crippen LogP contribution in [-0.4, -0.2) is 4.98 Å². The van der Waals surface area contributed by atoms with Crippen molar-refractivity contribution in [2.75, 3.05) is 4.90 Å². The molecule has 2 heterocycles. The Kier molecular flexibility index (Phi) is 5.42. The van der Waals surface area contributed by atoms with E-state index in [2.05, 4.69) is 95.9 Å². The number of nitrogens with zero attached hydrogens (tertiary/aromatic N) is 2. The molecule has 0 N–H and O–H groups in total. The highest BCUT2D eigenvalue weighted by Gasteiger charge is 2.22. The second-order valence-electron chi connectivity index (χ2n) is 10.0. The Labute approximate surface area is 236 Å². The van der Waals surface area contributed by atoms with E-state index in [1.807, 2.05) is 54.6 Å². The summed E-state index contributed by atoms with van der Waals surface area (Å²) >= 11 is 0. The van der Waals surface area contributed by atoms with Gasteiger partial charge in [-0.2, -0.15) is 0 Å². The van der Waals surface area contributed by atoms with Crippen LogP contribution in [0.1, 0.15) is 0 Å². The maximum Gasteiger partial charge on any atom is 0.227 e. The Hall–Kier alpha value is -5.61. The van der Waals surface area contributed by atoms with Crippen molar-refractivity contribution in [2.45, 2.75) is 0 Å². The molecule has 0 unspecified atom stereocenters. The summed E-state index contributed by atoms with van der Waals surface area (Å²) in [6.07, 6.45) is 0. The molecule has 0 atom stereocenters. The van der Waals surface area contributed by atoms with Crippen molar-refractivity contribution in [3.63, 3.8) is 0 Å². The predicted octanol–water partition coefficient (Wildman–Crippen LogP) is 10.5. The van der Waals surface area contributed by atoms with Crippen molar-refractivity contribution < 1.29 is 8.83 Å². The normalized spacial score (nSPS) is 11.4. The molecule has 8 rings (SSSR count). The van der Waals surface area contributed by atoms with Crippen LogP contribution in [0.4, 0.5) is 17.1 Å². The molecular formula is C37H24N2O2. The molecule has 0 saturated heterocycles. The molecule has 6 aromatic carbocycles. The first-order chi connectivity index (χ1) is 20.3. The summed E-state index contributed by atoms with van der Waals surface area (Å²) in [6.45, 7) is 0. The van der Waals surface area contributed by atoms with Gasteiger partial charge in [0.15, 0.2) is 11.2 Å². The number of oxazole rings is 1. The standard InChI is InChI=1S/C37H24N2O2/c1-4-11-25(12-5-1)26-19-21-29(22-20-26)39(28-15-8-3-9-16-28)31-18-10-17-30-34-32(40-36(30)31)23-24-33-35(34)38-37(41-33)27-13-6-2-7-14-27/h1-24H. The summed E-state index contributed by atoms with van der Waals surface area (Å²) in [7, 11) is 0. The van der Waals surface area contributed by atoms with Crippen LogP contribution in [0, 0.1) is 0 Å². The van der Waals surface area contributed by atoms with Gasteiger partial charge in [-0.05, 0) is 65.7 Å². The molecule has 0 amide bonds. The summed E-state index contributed by atoms with van der Waals surface area (Å²) in [5.74, 6) is 0.600. The zero-order valence-corrected chi connectivity index (χ0v) is 22.1. The Balaban J connectivity index is 1.32. The molecule has 0 aliphatic heterocycles. The Morgan fingerprint density at radius 1 is 0.463 bits per heavy atom. The molecule has 8 aromatic rings. The molecule has 0 aliphatic rings. The lowest BCUT2D eigenvalue weighted by molar-refractivity contribution is 0.619. The Morgan fingerprint density at radius 2 is 1.07 bits per heavy atom. The Morgan fingerprint density at radius 3 is 1.80 bits per heavy atom. The van der Waals surface area contributed by atoms with E-state index in [4.69, 9.17) is 13.8 Å². The summed E-state index contributed by atoms with van der Waals surface area (Å²) < 4.78 is 12.8. The first-order valence-electron chi connectivity index (χ1n) is 13.6. The molecule has 2 aromatic heterocycles. The van der Waals surface area contributed by atoms with Gasteiger partial charge < -0.3 is 13.7 Å². The van der Waals surface area contributed by atoms with E-state index < -0.39 is 0 Å². The van der Waals surface area contributed by atoms with Crippen LogP contribution in [0.2, 0.25) is 0 Å². The average molecular weight is 529 g/mol. The van der Waals surface area contributed by atoms with Gasteiger partial charge in [0, 0.05) is 22.3 Å². The van der Waals surface area contributed by atoms with Crippen LogP contribution >= 0.6 is 0 Å². The number of furan rings is 1. The van der Waals surface area contributed by atoms with Crippen molar-refractivity contribution in [2.24, 2.45) is 0 Å². The lowest BCUT2D eigenvalue weighted by atomic mass is 10.0. The van der Waals surface area contributed by atoms with Gasteiger partial charge in [-0.3, -0.25) is 0 Å². The van der Waals surface area contributed by atoms with Crippen LogP contribution in [0.15, 0.2) is 154 Å². The molecular weight excluding hydrogens is 504 g/mol. The van der Waals surface area contributed by atoms with E-state index in [1.165, 1.54) is 11.1 Å². The number of aromatic nitrogens is 1. The molecule has 41 heavy (non-hydrogen) atoms. The van der Waals surface area contributed by atoms with Crippen molar-refractivity contribution in [3.8, 4) is 22.6 Å². The summed E-state index contributed by atoms with van der Waals surface area (Å²) in [5, 5.41) is 1.95. The van der Waals surface area contributed by atoms with Gasteiger partial charge in [0.25, 0.3) is 0 Å². The lowest BCUT2D eigenvalue weighted by Gasteiger charge is -2.25. The van der Waals surface area contributed by atoms with Gasteiger partial charge >= 0.3 is 0 Å². The number of anilines is 3. The highest BCUT2D eigenvalue weighted by molar-refractivity contribution is 6.19. The van der Waals surface area contributed by atoms with Gasteiger partial charge in [-0.15, -0.1) is 0 Å². The number of hydrogen-bond donors (Lipinski definition) is 0. The van der Waals surface area contributed by atoms with Crippen molar-refractivity contribution >= 4 is 50.1 Å². The predicted molar refractivity (Wildman–Crippen MR) is 167 cm³/mol. The third kappa shape index (κ3) is 3.97. The van der Waals surface area contributed by atoms with Gasteiger partial charge in [-0.1, -0.05) is 91.0 Å². The molecule has 0 fully saturated rings. The van der Waals surface area contributed by atoms with E-state index in [0.717, 1.165) is 55.7 Å². The summed E-state index contributed by atoms with van der Waals surface area (Å²) in [6, 6.07) is 49.7. The maximum atomic E-state index is 6.60. The molecule has 4 nitrogen and oxygen atoms in total. The smallest absolute Gasteiger partial charge is 0.227 e. The minimum atomic E-state index is 0.600. The molecule has 0 radical (unpaired) electrons. The molecule has 4 heteroatoms. The largest absolute Gasteiger partial charge is 0.454 e. The number of rotatable bonds is 5. The topological polar surface area (TPSA) is 42.4 Å². The third-order valence-corrected chi connectivity index (χ3v) is 7.51. The SMILES string of the molecule is c1ccc(-c2ccc(N(c3ccccc3)c3cccc4c3oc3ccc5oc(-c6ccccc6)nc5c34)cc2)cc1. The van der Waals surface area contributed by atoms with Crippen LogP contribution in [0.5, 0.6) is 0 Å². The van der Waals surface area contributed by atoms with Crippen molar-refractivity contribution in [1.29, 1.82) is 0 Å². The molecule has 0 aliphatic carbocycles. The van der Waals surface area contributed by atoms with Gasteiger partial charge in [0.1, 0.15) is 11.1 Å². The average Bonchev–Trinajstić information content (AvgIpc) is 3.65. The van der Waals surface area contributed by atoms with Crippen LogP contribution in [-0.2, 0) is 0 Å². The molecule has 0 bridgehead atoms. The zero-order valence-electron chi connectivity index (χ0n) is 22.1. The fourth-order valence-electron chi connectivity index (χ4n) is 5.58. The number of hydrogen-bond acceptors (Lipinski definition) is 4. The van der Waals surface area contributed by atoms with E-state index >= 15 is 0 Å². The first-order valence-corrected chi connectivity index (χ1v) is 13.6. The highest BCUT2D eigenvalue weighted by Crippen LogP contribution is 2.44. The van der Waals surface area contributed by atoms with Crippen LogP contribution in [0.25, 0.3) is 55.6 Å². The van der Waals surface area contributed by atoms with E-state index in [1.54, 1.807) is 0 Å². The second-order valence-corrected chi connectivity index (χ2v) is 10.0. The van der Waals surface area contributed by atoms with Gasteiger partial charge in [-0.25, -0.2) is 4.98 Å². The lowest BCUT2D eigenvalue weighted by Crippen LogP contribution is -2.10. The fourth-order valence-corrected chi connectivity index (χ4v) is 5.58. The zero-order chi connectivity index (χ0) is 27.2. The minimum Gasteiger partial charge on any atom is -0.454 e. The van der Waals surface area contributed by atoms with Crippen molar-refractivity contribution in [3.05, 3.63) is 146 Å². The molecule has 194 valence electrons. The quantitative estimate of drug-likeness (QED) is 0.223. The maximum absolute atomic E-state index is 6.60. The van der Waals surface area contributed by atoms with Crippen LogP contribution < -0.4 is 4.90 Å². The first kappa shape index (κ1) is 23.3. The van der Waals surface area contributed by atoms with Crippen molar-refractivity contribution in [1.82, 2.24) is 4.98 Å². The monoisotopic (exact) mass is 528 g/mol. The third-order valence-electron chi connectivity index (χ3n) is 7.51. The van der Waals surface area contributed by atoms with Gasteiger partial charge in [0.05, 0.1) is 11.1 Å². The number of para-hydroxylation sites is 2. The summed E-state index contributed by atoms with van der Waals surface area (Å²) in [5.41, 5.74) is 9.47. The second kappa shape index (κ2) is 9.54. The number of benzene rings is 6. The van der Waals surface area contributed by atoms with Crippen LogP contribution in [0.3, 0.4) is 0 Å². The van der Waals surface area contributed by atoms with Gasteiger partial charge in [0.2, 0.25) is 5.89 Å². The fraction of sp³-hybridized carbons (Fsp3) is 0. The highest BCUT2D eigenvalue weighted by atomic mass is 16.4. The summed E-state index contributed by atoms with van der Waals surface area (Å²) in [4.78, 5) is 7.17. The molecule has 0 spiro atoms. The number of fused-ring (bicyclic) bond motifs is 5. The Bertz CT molecular complexity index is 2130. The van der Waals surface area contributed by atoms with E-state index in [9.17, 15) is 0 Å².